The fourth-order valence-corrected chi connectivity index (χ4v) is 4.78. The van der Waals surface area contributed by atoms with E-state index >= 15 is 0 Å². The highest BCUT2D eigenvalue weighted by atomic mass is 16.2. The molecule has 2 aromatic heterocycles. The Kier molecular flexibility index (Phi) is 3.89. The van der Waals surface area contributed by atoms with Crippen molar-refractivity contribution in [2.75, 3.05) is 26.7 Å². The van der Waals surface area contributed by atoms with E-state index in [4.69, 9.17) is 5.10 Å². The number of aromatic nitrogens is 4. The molecule has 1 saturated heterocycles. The van der Waals surface area contributed by atoms with E-state index < -0.39 is 0 Å². The van der Waals surface area contributed by atoms with E-state index in [0.717, 1.165) is 62.7 Å². The number of piperidine rings is 1. The Bertz CT molecular complexity index is 856. The van der Waals surface area contributed by atoms with Crippen molar-refractivity contribution in [1.29, 1.82) is 0 Å². The molecular formula is C20H28N6O. The van der Waals surface area contributed by atoms with Crippen LogP contribution in [0, 0.1) is 5.92 Å². The summed E-state index contributed by atoms with van der Waals surface area (Å²) in [6.07, 6.45) is 10.8. The maximum absolute atomic E-state index is 12.7. The van der Waals surface area contributed by atoms with Gasteiger partial charge in [-0.2, -0.15) is 10.2 Å². The zero-order valence-electron chi connectivity index (χ0n) is 16.3. The van der Waals surface area contributed by atoms with Crippen LogP contribution in [0.15, 0.2) is 18.6 Å². The van der Waals surface area contributed by atoms with Crippen LogP contribution in [0.1, 0.15) is 47.3 Å². The molecule has 1 amide bonds. The molecule has 1 spiro atoms. The second-order valence-electron chi connectivity index (χ2n) is 8.80. The molecule has 144 valence electrons. The van der Waals surface area contributed by atoms with Crippen molar-refractivity contribution >= 4 is 5.91 Å². The molecule has 0 bridgehead atoms. The number of fused-ring (bicyclic) bond motifs is 2. The van der Waals surface area contributed by atoms with E-state index in [0.29, 0.717) is 0 Å². The van der Waals surface area contributed by atoms with Crippen molar-refractivity contribution in [1.82, 2.24) is 29.4 Å². The first-order valence-electron chi connectivity index (χ1n) is 10.1. The van der Waals surface area contributed by atoms with Crippen molar-refractivity contribution in [3.8, 4) is 0 Å². The first-order chi connectivity index (χ1) is 13.0. The maximum Gasteiger partial charge on any atom is 0.257 e. The number of carbonyl (C=O) groups excluding carboxylic acids is 1. The Hall–Kier alpha value is -2.15. The van der Waals surface area contributed by atoms with Crippen LogP contribution in [-0.4, -0.2) is 61.9 Å². The Morgan fingerprint density at radius 3 is 2.63 bits per heavy atom. The first kappa shape index (κ1) is 17.0. The highest BCUT2D eigenvalue weighted by molar-refractivity contribution is 5.96. The summed E-state index contributed by atoms with van der Waals surface area (Å²) in [5.74, 6) is 0.895. The average molecular weight is 368 g/mol. The molecule has 7 heteroatoms. The van der Waals surface area contributed by atoms with E-state index in [9.17, 15) is 4.79 Å². The van der Waals surface area contributed by atoms with Crippen LogP contribution < -0.4 is 0 Å². The Labute approximate surface area is 159 Å². The zero-order chi connectivity index (χ0) is 18.6. The lowest BCUT2D eigenvalue weighted by atomic mass is 9.72. The highest BCUT2D eigenvalue weighted by Crippen LogP contribution is 2.41. The topological polar surface area (TPSA) is 59.2 Å². The Morgan fingerprint density at radius 2 is 1.96 bits per heavy atom. The number of nitrogens with zero attached hydrogens (tertiary/aromatic N) is 6. The van der Waals surface area contributed by atoms with Crippen LogP contribution in [-0.2, 0) is 25.6 Å². The predicted molar refractivity (Wildman–Crippen MR) is 101 cm³/mol. The van der Waals surface area contributed by atoms with Gasteiger partial charge in [-0.05, 0) is 44.7 Å². The number of likely N-dealkylation sites (tertiary alicyclic amines) is 1. The summed E-state index contributed by atoms with van der Waals surface area (Å²) in [6, 6.07) is 0. The summed E-state index contributed by atoms with van der Waals surface area (Å²) >= 11 is 0. The second kappa shape index (κ2) is 6.19. The summed E-state index contributed by atoms with van der Waals surface area (Å²) in [5.41, 5.74) is 3.18. The highest BCUT2D eigenvalue weighted by Gasteiger charge is 2.46. The number of hydrogen-bond donors (Lipinski definition) is 0. The van der Waals surface area contributed by atoms with Gasteiger partial charge < -0.3 is 4.90 Å². The van der Waals surface area contributed by atoms with Crippen LogP contribution in [0.4, 0.5) is 0 Å². The molecule has 2 aromatic rings. The van der Waals surface area contributed by atoms with Crippen LogP contribution >= 0.6 is 0 Å². The molecule has 0 atom stereocenters. The predicted octanol–water partition coefficient (Wildman–Crippen LogP) is 1.65. The van der Waals surface area contributed by atoms with Crippen molar-refractivity contribution in [2.45, 2.75) is 44.2 Å². The van der Waals surface area contributed by atoms with E-state index in [1.165, 1.54) is 18.4 Å². The molecule has 0 unspecified atom stereocenters. The van der Waals surface area contributed by atoms with Crippen LogP contribution in [0.2, 0.25) is 0 Å². The van der Waals surface area contributed by atoms with Crippen molar-refractivity contribution in [3.63, 3.8) is 0 Å². The number of rotatable bonds is 4. The molecule has 1 aliphatic carbocycles. The molecule has 0 N–H and O–H groups in total. The molecule has 4 heterocycles. The van der Waals surface area contributed by atoms with Crippen LogP contribution in [0.25, 0.3) is 0 Å². The van der Waals surface area contributed by atoms with Crippen LogP contribution in [0.5, 0.6) is 0 Å². The second-order valence-corrected chi connectivity index (χ2v) is 8.80. The van der Waals surface area contributed by atoms with E-state index in [2.05, 4.69) is 16.2 Å². The summed E-state index contributed by atoms with van der Waals surface area (Å²) in [4.78, 5) is 17.1. The molecule has 3 aliphatic rings. The number of carbonyl (C=O) groups is 1. The summed E-state index contributed by atoms with van der Waals surface area (Å²) in [6.45, 7) is 4.77. The Balaban J connectivity index is 1.36. The molecule has 27 heavy (non-hydrogen) atoms. The van der Waals surface area contributed by atoms with Crippen molar-refractivity contribution in [3.05, 3.63) is 35.4 Å². The molecule has 2 aliphatic heterocycles. The number of hydrogen-bond acceptors (Lipinski definition) is 4. The molecular weight excluding hydrogens is 340 g/mol. The lowest BCUT2D eigenvalue weighted by molar-refractivity contribution is 0.0628. The minimum absolute atomic E-state index is 0.0121. The lowest BCUT2D eigenvalue weighted by Gasteiger charge is -2.45. The molecule has 0 aromatic carbocycles. The van der Waals surface area contributed by atoms with Crippen molar-refractivity contribution in [2.24, 2.45) is 13.0 Å². The fraction of sp³-hybridized carbons (Fsp3) is 0.650. The minimum atomic E-state index is 0.0121. The van der Waals surface area contributed by atoms with Gasteiger partial charge in [-0.15, -0.1) is 0 Å². The van der Waals surface area contributed by atoms with E-state index in [-0.39, 0.29) is 11.3 Å². The van der Waals surface area contributed by atoms with E-state index in [1.807, 2.05) is 40.8 Å². The lowest BCUT2D eigenvalue weighted by Crippen LogP contribution is -2.53. The third-order valence-corrected chi connectivity index (χ3v) is 6.50. The molecule has 1 saturated carbocycles. The fourth-order valence-electron chi connectivity index (χ4n) is 4.78. The number of aryl methyl sites for hydroxylation is 1. The number of likely N-dealkylation sites (N-methyl/N-ethyl adjacent to an activating group) is 1. The zero-order valence-corrected chi connectivity index (χ0v) is 16.3. The smallest absolute Gasteiger partial charge is 0.257 e. The Morgan fingerprint density at radius 1 is 1.19 bits per heavy atom. The maximum atomic E-state index is 12.7. The summed E-state index contributed by atoms with van der Waals surface area (Å²) in [7, 11) is 3.90. The van der Waals surface area contributed by atoms with Gasteiger partial charge >= 0.3 is 0 Å². The first-order valence-corrected chi connectivity index (χ1v) is 10.1. The normalized spacial score (nSPS) is 22.4. The molecule has 0 radical (unpaired) electrons. The van der Waals surface area contributed by atoms with Gasteiger partial charge in [-0.1, -0.05) is 0 Å². The van der Waals surface area contributed by atoms with Gasteiger partial charge in [0.1, 0.15) is 0 Å². The third kappa shape index (κ3) is 3.08. The standard InChI is InChI=1S/C20H28N6O/c1-23-14-20(5-7-25(8-6-20)11-16-9-21-24(2)10-16)18-17(19(23)27)13-26(22-18)12-15-3-4-15/h9-10,13,15H,3-8,11-12,14H2,1-2H3. The quantitative estimate of drug-likeness (QED) is 0.823. The van der Waals surface area contributed by atoms with E-state index in [1.54, 1.807) is 0 Å². The van der Waals surface area contributed by atoms with Gasteiger partial charge in [0.25, 0.3) is 5.91 Å². The summed E-state index contributed by atoms with van der Waals surface area (Å²) < 4.78 is 3.91. The van der Waals surface area contributed by atoms with Gasteiger partial charge in [0, 0.05) is 57.1 Å². The van der Waals surface area contributed by atoms with Gasteiger partial charge in [0.15, 0.2) is 0 Å². The van der Waals surface area contributed by atoms with Gasteiger partial charge in [-0.3, -0.25) is 19.1 Å². The average Bonchev–Trinajstić information content (AvgIpc) is 3.19. The number of amides is 1. The van der Waals surface area contributed by atoms with Crippen LogP contribution in [0.3, 0.4) is 0 Å². The monoisotopic (exact) mass is 368 g/mol. The largest absolute Gasteiger partial charge is 0.341 e. The van der Waals surface area contributed by atoms with Gasteiger partial charge in [0.05, 0.1) is 17.5 Å². The molecule has 2 fully saturated rings. The SMILES string of the molecule is CN1CC2(CCN(Cc3cnn(C)c3)CC2)c2nn(CC3CC3)cc2C1=O. The van der Waals surface area contributed by atoms with Crippen molar-refractivity contribution < 1.29 is 4.79 Å². The van der Waals surface area contributed by atoms with Gasteiger partial charge in [-0.25, -0.2) is 0 Å². The molecule has 7 nitrogen and oxygen atoms in total. The van der Waals surface area contributed by atoms with Gasteiger partial charge in [0.2, 0.25) is 0 Å². The molecule has 5 rings (SSSR count). The summed E-state index contributed by atoms with van der Waals surface area (Å²) in [5, 5.41) is 9.22. The third-order valence-electron chi connectivity index (χ3n) is 6.50. The minimum Gasteiger partial charge on any atom is -0.341 e.